The SMILES string of the molecule is Cc1cnc2c(c1)nc(N)n2CC1Cc2ccccc21. The van der Waals surface area contributed by atoms with Crippen LogP contribution in [0.1, 0.15) is 22.6 Å². The van der Waals surface area contributed by atoms with E-state index in [9.17, 15) is 0 Å². The Morgan fingerprint density at radius 2 is 2.20 bits per heavy atom. The minimum absolute atomic E-state index is 0.522. The van der Waals surface area contributed by atoms with E-state index in [-0.39, 0.29) is 0 Å². The second-order valence-corrected chi connectivity index (χ2v) is 5.54. The first kappa shape index (κ1) is 11.5. The Balaban J connectivity index is 1.72. The van der Waals surface area contributed by atoms with Crippen LogP contribution in [0.2, 0.25) is 0 Å². The van der Waals surface area contributed by atoms with Gasteiger partial charge in [-0.05, 0) is 36.1 Å². The van der Waals surface area contributed by atoms with Gasteiger partial charge in [0.15, 0.2) is 5.65 Å². The van der Waals surface area contributed by atoms with Crippen molar-refractivity contribution in [1.82, 2.24) is 14.5 Å². The zero-order chi connectivity index (χ0) is 13.7. The van der Waals surface area contributed by atoms with Gasteiger partial charge in [0.2, 0.25) is 5.95 Å². The van der Waals surface area contributed by atoms with Crippen LogP contribution in [0.15, 0.2) is 36.5 Å². The van der Waals surface area contributed by atoms with Gasteiger partial charge in [-0.1, -0.05) is 24.3 Å². The van der Waals surface area contributed by atoms with Gasteiger partial charge in [0, 0.05) is 18.7 Å². The summed E-state index contributed by atoms with van der Waals surface area (Å²) in [5.41, 5.74) is 11.8. The number of benzene rings is 1. The first-order valence-electron chi connectivity index (χ1n) is 6.88. The normalized spacial score (nSPS) is 16.9. The van der Waals surface area contributed by atoms with Gasteiger partial charge in [-0.25, -0.2) is 9.97 Å². The molecule has 2 heterocycles. The number of imidazole rings is 1. The van der Waals surface area contributed by atoms with Crippen LogP contribution in [0.4, 0.5) is 5.95 Å². The lowest BCUT2D eigenvalue weighted by Gasteiger charge is -2.30. The van der Waals surface area contributed by atoms with E-state index in [1.54, 1.807) is 0 Å². The van der Waals surface area contributed by atoms with E-state index in [1.165, 1.54) is 11.1 Å². The van der Waals surface area contributed by atoms with Gasteiger partial charge in [-0.15, -0.1) is 0 Å². The fraction of sp³-hybridized carbons (Fsp3) is 0.250. The van der Waals surface area contributed by atoms with Gasteiger partial charge in [0.1, 0.15) is 5.52 Å². The number of aryl methyl sites for hydroxylation is 1. The second kappa shape index (κ2) is 4.07. The van der Waals surface area contributed by atoms with Gasteiger partial charge in [-0.2, -0.15) is 0 Å². The van der Waals surface area contributed by atoms with Crippen LogP contribution in [0.25, 0.3) is 11.2 Å². The molecule has 100 valence electrons. The van der Waals surface area contributed by atoms with E-state index in [0.717, 1.165) is 29.7 Å². The Kier molecular flexibility index (Phi) is 2.33. The summed E-state index contributed by atoms with van der Waals surface area (Å²) in [6.45, 7) is 2.87. The lowest BCUT2D eigenvalue weighted by molar-refractivity contribution is 0.519. The fourth-order valence-electron chi connectivity index (χ4n) is 3.06. The molecule has 1 aliphatic carbocycles. The maximum absolute atomic E-state index is 6.06. The maximum atomic E-state index is 6.06. The number of anilines is 1. The molecule has 3 aromatic rings. The summed E-state index contributed by atoms with van der Waals surface area (Å²) in [6, 6.07) is 10.6. The maximum Gasteiger partial charge on any atom is 0.202 e. The number of nitrogens with two attached hydrogens (primary N) is 1. The number of fused-ring (bicyclic) bond motifs is 2. The largest absolute Gasteiger partial charge is 0.369 e. The predicted octanol–water partition coefficient (Wildman–Crippen LogP) is 2.66. The number of pyridine rings is 1. The van der Waals surface area contributed by atoms with Gasteiger partial charge >= 0.3 is 0 Å². The minimum Gasteiger partial charge on any atom is -0.369 e. The predicted molar refractivity (Wildman–Crippen MR) is 79.6 cm³/mol. The van der Waals surface area contributed by atoms with E-state index >= 15 is 0 Å². The molecule has 0 radical (unpaired) electrons. The van der Waals surface area contributed by atoms with Crippen LogP contribution in [0.3, 0.4) is 0 Å². The Labute approximate surface area is 117 Å². The van der Waals surface area contributed by atoms with Crippen LogP contribution < -0.4 is 5.73 Å². The van der Waals surface area contributed by atoms with Crippen molar-refractivity contribution in [2.45, 2.75) is 25.8 Å². The average molecular weight is 264 g/mol. The summed E-state index contributed by atoms with van der Waals surface area (Å²) in [7, 11) is 0. The number of hydrogen-bond acceptors (Lipinski definition) is 3. The number of rotatable bonds is 2. The molecule has 0 aliphatic heterocycles. The standard InChI is InChI=1S/C16H16N4/c1-10-6-14-15(18-8-10)20(16(17)19-14)9-12-7-11-4-2-3-5-13(11)12/h2-6,8,12H,7,9H2,1H3,(H2,17,19). The van der Waals surface area contributed by atoms with Crippen molar-refractivity contribution >= 4 is 17.1 Å². The first-order chi connectivity index (χ1) is 9.72. The van der Waals surface area contributed by atoms with Gasteiger partial charge in [0.25, 0.3) is 0 Å². The van der Waals surface area contributed by atoms with Crippen LogP contribution >= 0.6 is 0 Å². The van der Waals surface area contributed by atoms with Crippen molar-refractivity contribution in [2.75, 3.05) is 5.73 Å². The number of nitrogen functional groups attached to an aromatic ring is 1. The molecule has 0 saturated heterocycles. The topological polar surface area (TPSA) is 56.7 Å². The molecule has 0 saturated carbocycles. The smallest absolute Gasteiger partial charge is 0.202 e. The molecule has 4 heteroatoms. The summed E-state index contributed by atoms with van der Waals surface area (Å²) in [5, 5.41) is 0. The van der Waals surface area contributed by atoms with Gasteiger partial charge in [-0.3, -0.25) is 4.57 Å². The van der Waals surface area contributed by atoms with Crippen molar-refractivity contribution in [1.29, 1.82) is 0 Å². The molecule has 0 amide bonds. The summed E-state index contributed by atoms with van der Waals surface area (Å²) >= 11 is 0. The van der Waals surface area contributed by atoms with Crippen molar-refractivity contribution < 1.29 is 0 Å². The Bertz CT molecular complexity index is 803. The zero-order valence-electron chi connectivity index (χ0n) is 11.4. The second-order valence-electron chi connectivity index (χ2n) is 5.54. The highest BCUT2D eigenvalue weighted by atomic mass is 15.2. The van der Waals surface area contributed by atoms with E-state index in [4.69, 9.17) is 5.73 Å². The molecule has 1 aliphatic rings. The monoisotopic (exact) mass is 264 g/mol. The van der Waals surface area contributed by atoms with E-state index in [0.29, 0.717) is 11.9 Å². The number of hydrogen-bond donors (Lipinski definition) is 1. The van der Waals surface area contributed by atoms with Crippen LogP contribution in [0.5, 0.6) is 0 Å². The van der Waals surface area contributed by atoms with Crippen LogP contribution in [-0.2, 0) is 13.0 Å². The number of nitrogens with zero attached hydrogens (tertiary/aromatic N) is 3. The lowest BCUT2D eigenvalue weighted by Crippen LogP contribution is -2.22. The molecule has 0 fully saturated rings. The summed E-state index contributed by atoms with van der Waals surface area (Å²) < 4.78 is 2.04. The van der Waals surface area contributed by atoms with Crippen LogP contribution in [0, 0.1) is 6.92 Å². The molecule has 2 N–H and O–H groups in total. The Morgan fingerprint density at radius 3 is 3.05 bits per heavy atom. The molecule has 1 aromatic carbocycles. The van der Waals surface area contributed by atoms with E-state index < -0.39 is 0 Å². The molecule has 0 spiro atoms. The lowest BCUT2D eigenvalue weighted by atomic mass is 9.77. The highest BCUT2D eigenvalue weighted by molar-refractivity contribution is 5.74. The Morgan fingerprint density at radius 1 is 1.35 bits per heavy atom. The third-order valence-corrected chi connectivity index (χ3v) is 4.12. The molecule has 1 atom stereocenters. The van der Waals surface area contributed by atoms with Crippen molar-refractivity contribution in [3.63, 3.8) is 0 Å². The molecule has 1 unspecified atom stereocenters. The summed E-state index contributed by atoms with van der Waals surface area (Å²) in [5.74, 6) is 1.08. The van der Waals surface area contributed by atoms with Gasteiger partial charge in [0.05, 0.1) is 0 Å². The Hall–Kier alpha value is -2.36. The van der Waals surface area contributed by atoms with E-state index in [1.807, 2.05) is 23.8 Å². The first-order valence-corrected chi connectivity index (χ1v) is 6.88. The third kappa shape index (κ3) is 1.61. The molecule has 0 bridgehead atoms. The average Bonchev–Trinajstić information content (AvgIpc) is 2.71. The molecule has 2 aromatic heterocycles. The van der Waals surface area contributed by atoms with Crippen molar-refractivity contribution in [2.24, 2.45) is 0 Å². The quantitative estimate of drug-likeness (QED) is 0.774. The van der Waals surface area contributed by atoms with Crippen LogP contribution in [-0.4, -0.2) is 14.5 Å². The highest BCUT2D eigenvalue weighted by Crippen LogP contribution is 2.37. The molecular formula is C16H16N4. The molecule has 4 nitrogen and oxygen atoms in total. The molecule has 4 rings (SSSR count). The third-order valence-electron chi connectivity index (χ3n) is 4.12. The molecule has 20 heavy (non-hydrogen) atoms. The van der Waals surface area contributed by atoms with E-state index in [2.05, 4.69) is 34.2 Å². The zero-order valence-corrected chi connectivity index (χ0v) is 11.4. The number of aromatic nitrogens is 3. The highest BCUT2D eigenvalue weighted by Gasteiger charge is 2.27. The van der Waals surface area contributed by atoms with Crippen molar-refractivity contribution in [3.8, 4) is 0 Å². The van der Waals surface area contributed by atoms with Crippen molar-refractivity contribution in [3.05, 3.63) is 53.2 Å². The molecular weight excluding hydrogens is 248 g/mol. The minimum atomic E-state index is 0.522. The van der Waals surface area contributed by atoms with Gasteiger partial charge < -0.3 is 5.73 Å². The summed E-state index contributed by atoms with van der Waals surface area (Å²) in [6.07, 6.45) is 2.98. The summed E-state index contributed by atoms with van der Waals surface area (Å²) in [4.78, 5) is 8.91. The fourth-order valence-corrected chi connectivity index (χ4v) is 3.06.